The third kappa shape index (κ3) is 3.61. The molecule has 82 valence electrons. The summed E-state index contributed by atoms with van der Waals surface area (Å²) in [4.78, 5) is 21.2. The summed E-state index contributed by atoms with van der Waals surface area (Å²) in [7, 11) is 1.83. The summed E-state index contributed by atoms with van der Waals surface area (Å²) in [6.45, 7) is 2.85. The number of carbonyl (C=O) groups excluding carboxylic acids is 1. The number of halogens is 1. The number of hydrogen-bond donors (Lipinski definition) is 1. The average molecular weight is 320 g/mol. The second-order valence-electron chi connectivity index (χ2n) is 3.00. The maximum absolute atomic E-state index is 11.3. The highest BCUT2D eigenvalue weighted by atomic mass is 127. The molecular weight excluding hydrogens is 307 g/mol. The Morgan fingerprint density at radius 2 is 2.40 bits per heavy atom. The van der Waals surface area contributed by atoms with Gasteiger partial charge in [-0.25, -0.2) is 9.97 Å². The lowest BCUT2D eigenvalue weighted by molar-refractivity contribution is -0.119. The van der Waals surface area contributed by atoms with Gasteiger partial charge in [0.25, 0.3) is 0 Å². The molecule has 0 saturated carbocycles. The molecule has 15 heavy (non-hydrogen) atoms. The van der Waals surface area contributed by atoms with Crippen molar-refractivity contribution >= 4 is 34.3 Å². The van der Waals surface area contributed by atoms with Gasteiger partial charge in [-0.1, -0.05) is 0 Å². The number of nitrogens with one attached hydrogen (secondary N) is 1. The Kier molecular flexibility index (Phi) is 4.73. The molecule has 0 spiro atoms. The fraction of sp³-hybridized carbons (Fsp3) is 0.444. The minimum Gasteiger partial charge on any atom is -0.355 e. The molecule has 0 radical (unpaired) electrons. The molecule has 6 heteroatoms. The van der Waals surface area contributed by atoms with E-state index in [1.165, 1.54) is 6.33 Å². The highest BCUT2D eigenvalue weighted by Gasteiger charge is 2.10. The number of rotatable bonds is 4. The molecule has 1 rings (SSSR count). The SMILES string of the molecule is CCNC(=O)CN(C)c1ncncc1I. The van der Waals surface area contributed by atoms with Gasteiger partial charge in [0.2, 0.25) is 5.91 Å². The number of amides is 1. The van der Waals surface area contributed by atoms with Crippen LogP contribution < -0.4 is 10.2 Å². The molecule has 0 aliphatic heterocycles. The third-order valence-corrected chi connectivity index (χ3v) is 2.53. The highest BCUT2D eigenvalue weighted by molar-refractivity contribution is 14.1. The van der Waals surface area contributed by atoms with Crippen LogP contribution in [-0.4, -0.2) is 36.0 Å². The first kappa shape index (κ1) is 12.2. The average Bonchev–Trinajstić information content (AvgIpc) is 2.18. The summed E-state index contributed by atoms with van der Waals surface area (Å²) in [6, 6.07) is 0. The zero-order valence-electron chi connectivity index (χ0n) is 8.70. The van der Waals surface area contributed by atoms with Crippen LogP contribution in [0.2, 0.25) is 0 Å². The van der Waals surface area contributed by atoms with Crippen LogP contribution in [-0.2, 0) is 4.79 Å². The van der Waals surface area contributed by atoms with E-state index in [1.54, 1.807) is 11.1 Å². The van der Waals surface area contributed by atoms with E-state index in [-0.39, 0.29) is 5.91 Å². The largest absolute Gasteiger partial charge is 0.355 e. The third-order valence-electron chi connectivity index (χ3n) is 1.76. The van der Waals surface area contributed by atoms with Gasteiger partial charge in [0.1, 0.15) is 12.1 Å². The first-order valence-corrected chi connectivity index (χ1v) is 5.66. The molecule has 1 heterocycles. The summed E-state index contributed by atoms with van der Waals surface area (Å²) in [5, 5.41) is 2.74. The molecule has 0 bridgehead atoms. The van der Waals surface area contributed by atoms with Crippen molar-refractivity contribution in [2.45, 2.75) is 6.92 Å². The molecule has 5 nitrogen and oxygen atoms in total. The molecule has 1 amide bonds. The van der Waals surface area contributed by atoms with Crippen molar-refractivity contribution in [1.29, 1.82) is 0 Å². The second kappa shape index (κ2) is 5.84. The smallest absolute Gasteiger partial charge is 0.239 e. The van der Waals surface area contributed by atoms with Gasteiger partial charge in [-0.15, -0.1) is 0 Å². The Morgan fingerprint density at radius 3 is 3.00 bits per heavy atom. The lowest BCUT2D eigenvalue weighted by Crippen LogP contribution is -2.35. The Labute approximate surface area is 102 Å². The van der Waals surface area contributed by atoms with E-state index in [1.807, 2.05) is 14.0 Å². The topological polar surface area (TPSA) is 58.1 Å². The standard InChI is InChI=1S/C9H13IN4O/c1-3-12-8(15)5-14(2)9-7(10)4-11-6-13-9/h4,6H,3,5H2,1-2H3,(H,12,15). The van der Waals surface area contributed by atoms with E-state index in [9.17, 15) is 4.79 Å². The quantitative estimate of drug-likeness (QED) is 0.828. The van der Waals surface area contributed by atoms with E-state index in [0.717, 1.165) is 9.39 Å². The predicted octanol–water partition coefficient (Wildman–Crippen LogP) is 0.654. The van der Waals surface area contributed by atoms with Crippen molar-refractivity contribution in [1.82, 2.24) is 15.3 Å². The minimum absolute atomic E-state index is 0.00517. The maximum atomic E-state index is 11.3. The molecule has 1 aromatic rings. The lowest BCUT2D eigenvalue weighted by atomic mass is 10.4. The lowest BCUT2D eigenvalue weighted by Gasteiger charge is -2.18. The first-order chi connectivity index (χ1) is 7.15. The van der Waals surface area contributed by atoms with Gasteiger partial charge in [0.15, 0.2) is 0 Å². The fourth-order valence-electron chi connectivity index (χ4n) is 1.13. The van der Waals surface area contributed by atoms with Crippen LogP contribution in [0.1, 0.15) is 6.92 Å². The molecule has 0 atom stereocenters. The normalized spacial score (nSPS) is 9.80. The van der Waals surface area contributed by atoms with Crippen LogP contribution in [0.25, 0.3) is 0 Å². The Morgan fingerprint density at radius 1 is 1.67 bits per heavy atom. The number of carbonyl (C=O) groups is 1. The fourth-order valence-corrected chi connectivity index (χ4v) is 1.84. The molecule has 0 saturated heterocycles. The number of aromatic nitrogens is 2. The zero-order valence-corrected chi connectivity index (χ0v) is 10.9. The van der Waals surface area contributed by atoms with E-state index in [2.05, 4.69) is 37.9 Å². The Bertz CT molecular complexity index is 345. The van der Waals surface area contributed by atoms with Gasteiger partial charge < -0.3 is 10.2 Å². The number of hydrogen-bond acceptors (Lipinski definition) is 4. The monoisotopic (exact) mass is 320 g/mol. The van der Waals surface area contributed by atoms with Crippen molar-refractivity contribution < 1.29 is 4.79 Å². The Hall–Kier alpha value is -0.920. The molecule has 0 aliphatic rings. The van der Waals surface area contributed by atoms with E-state index in [0.29, 0.717) is 13.1 Å². The molecule has 0 aromatic carbocycles. The maximum Gasteiger partial charge on any atom is 0.239 e. The van der Waals surface area contributed by atoms with Gasteiger partial charge in [-0.3, -0.25) is 4.79 Å². The van der Waals surface area contributed by atoms with E-state index in [4.69, 9.17) is 0 Å². The van der Waals surface area contributed by atoms with Crippen molar-refractivity contribution in [3.63, 3.8) is 0 Å². The summed E-state index contributed by atoms with van der Waals surface area (Å²) in [5.41, 5.74) is 0. The van der Waals surface area contributed by atoms with Crippen LogP contribution >= 0.6 is 22.6 Å². The van der Waals surface area contributed by atoms with Crippen molar-refractivity contribution in [2.24, 2.45) is 0 Å². The summed E-state index contributed by atoms with van der Waals surface area (Å²) >= 11 is 2.15. The molecule has 1 aromatic heterocycles. The predicted molar refractivity (Wildman–Crippen MR) is 66.7 cm³/mol. The van der Waals surface area contributed by atoms with E-state index < -0.39 is 0 Å². The van der Waals surface area contributed by atoms with Gasteiger partial charge >= 0.3 is 0 Å². The van der Waals surface area contributed by atoms with Crippen LogP contribution in [0.15, 0.2) is 12.5 Å². The zero-order chi connectivity index (χ0) is 11.3. The summed E-state index contributed by atoms with van der Waals surface area (Å²) in [5.74, 6) is 0.770. The minimum atomic E-state index is -0.00517. The number of likely N-dealkylation sites (N-methyl/N-ethyl adjacent to an activating group) is 2. The van der Waals surface area contributed by atoms with E-state index >= 15 is 0 Å². The Balaban J connectivity index is 2.65. The molecule has 0 unspecified atom stereocenters. The van der Waals surface area contributed by atoms with Crippen molar-refractivity contribution in [2.75, 3.05) is 25.0 Å². The summed E-state index contributed by atoms with van der Waals surface area (Å²) < 4.78 is 0.932. The summed E-state index contributed by atoms with van der Waals surface area (Å²) in [6.07, 6.45) is 3.20. The number of anilines is 1. The van der Waals surface area contributed by atoms with Crippen LogP contribution in [0.4, 0.5) is 5.82 Å². The van der Waals surface area contributed by atoms with Gasteiger partial charge in [-0.05, 0) is 29.5 Å². The van der Waals surface area contributed by atoms with Crippen LogP contribution in [0.5, 0.6) is 0 Å². The molecule has 0 fully saturated rings. The van der Waals surface area contributed by atoms with Gasteiger partial charge in [-0.2, -0.15) is 0 Å². The second-order valence-corrected chi connectivity index (χ2v) is 4.17. The molecular formula is C9H13IN4O. The molecule has 0 aliphatic carbocycles. The van der Waals surface area contributed by atoms with Crippen molar-refractivity contribution in [3.05, 3.63) is 16.1 Å². The first-order valence-electron chi connectivity index (χ1n) is 4.58. The van der Waals surface area contributed by atoms with Crippen LogP contribution in [0, 0.1) is 3.57 Å². The van der Waals surface area contributed by atoms with Crippen molar-refractivity contribution in [3.8, 4) is 0 Å². The highest BCUT2D eigenvalue weighted by Crippen LogP contribution is 2.15. The molecule has 1 N–H and O–H groups in total. The van der Waals surface area contributed by atoms with Gasteiger partial charge in [0.05, 0.1) is 10.1 Å². The number of nitrogens with zero attached hydrogens (tertiary/aromatic N) is 3. The van der Waals surface area contributed by atoms with Crippen LogP contribution in [0.3, 0.4) is 0 Å². The van der Waals surface area contributed by atoms with Gasteiger partial charge in [0, 0.05) is 19.8 Å².